The molecule has 2 rings (SSSR count). The fraction of sp³-hybridized carbons (Fsp3) is 1.00. The standard InChI is InChI=1S/C9H15BOS/c1-4-9-5(2)7(8(10)11-9)12-6(9)3/h5-8H,4H2,1-3H3/t5-,6-,7?,8-,9-/m1/s1. The van der Waals surface area contributed by atoms with Crippen LogP contribution in [0.2, 0.25) is 0 Å². The smallest absolute Gasteiger partial charge is 0.110 e. The lowest BCUT2D eigenvalue weighted by Crippen LogP contribution is -2.41. The summed E-state index contributed by atoms with van der Waals surface area (Å²) >= 11 is 2.00. The molecule has 2 aliphatic heterocycles. The highest BCUT2D eigenvalue weighted by Crippen LogP contribution is 2.56. The van der Waals surface area contributed by atoms with Crippen LogP contribution in [-0.2, 0) is 4.74 Å². The second-order valence-electron chi connectivity index (χ2n) is 3.92. The molecule has 1 nitrogen and oxygen atoms in total. The van der Waals surface area contributed by atoms with Crippen molar-refractivity contribution in [2.24, 2.45) is 5.92 Å². The first kappa shape index (κ1) is 8.95. The molecule has 0 aromatic heterocycles. The minimum absolute atomic E-state index is 0.0267. The van der Waals surface area contributed by atoms with Gasteiger partial charge in [0, 0.05) is 16.5 Å². The maximum absolute atomic E-state index is 5.89. The van der Waals surface area contributed by atoms with E-state index in [4.69, 9.17) is 12.6 Å². The predicted molar refractivity (Wildman–Crippen MR) is 53.7 cm³/mol. The largest absolute Gasteiger partial charge is 0.379 e. The Labute approximate surface area is 80.0 Å². The van der Waals surface area contributed by atoms with Gasteiger partial charge in [0.15, 0.2) is 0 Å². The molecule has 3 heteroatoms. The van der Waals surface area contributed by atoms with E-state index in [1.165, 1.54) is 0 Å². The molecule has 2 fully saturated rings. The summed E-state index contributed by atoms with van der Waals surface area (Å²) in [5.74, 6) is 0.623. The molecule has 0 spiro atoms. The van der Waals surface area contributed by atoms with Gasteiger partial charge in [-0.15, -0.1) is 0 Å². The van der Waals surface area contributed by atoms with Crippen LogP contribution in [0, 0.1) is 5.92 Å². The van der Waals surface area contributed by atoms with Gasteiger partial charge in [-0.3, -0.25) is 0 Å². The minimum Gasteiger partial charge on any atom is -0.379 e. The van der Waals surface area contributed by atoms with E-state index in [9.17, 15) is 0 Å². The van der Waals surface area contributed by atoms with Gasteiger partial charge in [0.25, 0.3) is 0 Å². The van der Waals surface area contributed by atoms with Crippen LogP contribution in [0.1, 0.15) is 27.2 Å². The van der Waals surface area contributed by atoms with Gasteiger partial charge < -0.3 is 4.74 Å². The molecule has 66 valence electrons. The Morgan fingerprint density at radius 2 is 2.17 bits per heavy atom. The molecule has 5 atom stereocenters. The Kier molecular flexibility index (Phi) is 2.00. The highest BCUT2D eigenvalue weighted by atomic mass is 32.2. The Bertz CT molecular complexity index is 199. The lowest BCUT2D eigenvalue weighted by molar-refractivity contribution is -0.0332. The Morgan fingerprint density at radius 1 is 1.50 bits per heavy atom. The topological polar surface area (TPSA) is 9.23 Å². The van der Waals surface area contributed by atoms with E-state index in [-0.39, 0.29) is 11.6 Å². The fourth-order valence-electron chi connectivity index (χ4n) is 2.70. The third-order valence-corrected chi connectivity index (χ3v) is 5.34. The monoisotopic (exact) mass is 182 g/mol. The van der Waals surface area contributed by atoms with E-state index in [1.807, 2.05) is 11.8 Å². The first-order valence-electron chi connectivity index (χ1n) is 4.70. The molecular weight excluding hydrogens is 167 g/mol. The van der Waals surface area contributed by atoms with Crippen molar-refractivity contribution in [3.8, 4) is 0 Å². The van der Waals surface area contributed by atoms with Crippen molar-refractivity contribution in [2.75, 3.05) is 0 Å². The Balaban J connectivity index is 2.30. The zero-order valence-electron chi connectivity index (χ0n) is 7.91. The maximum atomic E-state index is 5.89. The lowest BCUT2D eigenvalue weighted by Gasteiger charge is -2.35. The van der Waals surface area contributed by atoms with Crippen LogP contribution in [-0.4, -0.2) is 30.0 Å². The van der Waals surface area contributed by atoms with Gasteiger partial charge >= 0.3 is 0 Å². The van der Waals surface area contributed by atoms with E-state index in [1.54, 1.807) is 0 Å². The van der Waals surface area contributed by atoms with Crippen LogP contribution in [0.25, 0.3) is 0 Å². The summed E-state index contributed by atoms with van der Waals surface area (Å²) < 4.78 is 5.88. The van der Waals surface area contributed by atoms with Gasteiger partial charge in [0.05, 0.1) is 5.60 Å². The molecular formula is C9H15BOS. The fourth-order valence-corrected chi connectivity index (χ4v) is 4.51. The van der Waals surface area contributed by atoms with Crippen molar-refractivity contribution in [1.82, 2.24) is 0 Å². The Morgan fingerprint density at radius 3 is 2.50 bits per heavy atom. The van der Waals surface area contributed by atoms with Gasteiger partial charge in [-0.1, -0.05) is 20.8 Å². The number of hydrogen-bond acceptors (Lipinski definition) is 2. The van der Waals surface area contributed by atoms with Crippen LogP contribution >= 0.6 is 11.8 Å². The molecule has 0 aromatic rings. The number of thioether (sulfide) groups is 1. The maximum Gasteiger partial charge on any atom is 0.110 e. The molecule has 0 N–H and O–H groups in total. The lowest BCUT2D eigenvalue weighted by atomic mass is 9.82. The van der Waals surface area contributed by atoms with Crippen molar-refractivity contribution in [2.45, 2.75) is 49.3 Å². The third-order valence-electron chi connectivity index (χ3n) is 3.54. The quantitative estimate of drug-likeness (QED) is 0.572. The van der Waals surface area contributed by atoms with Crippen molar-refractivity contribution < 1.29 is 4.74 Å². The van der Waals surface area contributed by atoms with E-state index >= 15 is 0 Å². The molecule has 0 amide bonds. The Hall–Kier alpha value is 0.375. The molecule has 2 heterocycles. The summed E-state index contributed by atoms with van der Waals surface area (Å²) in [5.41, 5.74) is 0.0781. The van der Waals surface area contributed by atoms with Crippen LogP contribution in [0.4, 0.5) is 0 Å². The second kappa shape index (κ2) is 2.68. The first-order chi connectivity index (χ1) is 5.62. The molecule has 0 aromatic carbocycles. The highest BCUT2D eigenvalue weighted by Gasteiger charge is 2.59. The number of rotatable bonds is 1. The molecule has 0 saturated carbocycles. The summed E-state index contributed by atoms with van der Waals surface area (Å²) in [6.07, 6.45) is 1.09. The normalized spacial score (nSPS) is 57.9. The van der Waals surface area contributed by atoms with Gasteiger partial charge in [-0.05, 0) is 12.3 Å². The summed E-state index contributed by atoms with van der Waals surface area (Å²) in [5, 5.41) is 1.14. The highest BCUT2D eigenvalue weighted by molar-refractivity contribution is 8.01. The van der Waals surface area contributed by atoms with Gasteiger partial charge in [0.1, 0.15) is 7.85 Å². The van der Waals surface area contributed by atoms with Crippen molar-refractivity contribution in [1.29, 1.82) is 0 Å². The SMILES string of the molecule is [B][C@@H]1O[C@]2(CC)[C@H](C)C1S[C@@H]2C. The molecule has 0 aliphatic carbocycles. The van der Waals surface area contributed by atoms with Crippen LogP contribution in [0.5, 0.6) is 0 Å². The zero-order valence-corrected chi connectivity index (χ0v) is 8.73. The van der Waals surface area contributed by atoms with E-state index in [2.05, 4.69) is 20.8 Å². The van der Waals surface area contributed by atoms with Crippen molar-refractivity contribution in [3.63, 3.8) is 0 Å². The number of fused-ring (bicyclic) bond motifs is 2. The average Bonchev–Trinajstić information content (AvgIpc) is 2.41. The molecule has 12 heavy (non-hydrogen) atoms. The average molecular weight is 182 g/mol. The van der Waals surface area contributed by atoms with Crippen LogP contribution in [0.15, 0.2) is 0 Å². The van der Waals surface area contributed by atoms with E-state index in [0.29, 0.717) is 16.4 Å². The summed E-state index contributed by atoms with van der Waals surface area (Å²) in [6.45, 7) is 6.74. The van der Waals surface area contributed by atoms with Crippen molar-refractivity contribution in [3.05, 3.63) is 0 Å². The second-order valence-corrected chi connectivity index (χ2v) is 5.45. The molecule has 2 radical (unpaired) electrons. The summed E-state index contributed by atoms with van der Waals surface area (Å²) in [4.78, 5) is 0. The number of ether oxygens (including phenoxy) is 1. The van der Waals surface area contributed by atoms with E-state index in [0.717, 1.165) is 6.42 Å². The number of hydrogen-bond donors (Lipinski definition) is 0. The first-order valence-corrected chi connectivity index (χ1v) is 5.65. The van der Waals surface area contributed by atoms with Gasteiger partial charge in [0.2, 0.25) is 0 Å². The van der Waals surface area contributed by atoms with Crippen LogP contribution < -0.4 is 0 Å². The molecule has 2 saturated heterocycles. The van der Waals surface area contributed by atoms with Gasteiger partial charge in [-0.2, -0.15) is 11.8 Å². The third kappa shape index (κ3) is 0.870. The molecule has 1 unspecified atom stereocenters. The van der Waals surface area contributed by atoms with Gasteiger partial charge in [-0.25, -0.2) is 0 Å². The van der Waals surface area contributed by atoms with E-state index < -0.39 is 0 Å². The van der Waals surface area contributed by atoms with Crippen molar-refractivity contribution >= 4 is 19.6 Å². The summed E-state index contributed by atoms with van der Waals surface area (Å²) in [6, 6.07) is -0.0267. The summed E-state index contributed by atoms with van der Waals surface area (Å²) in [7, 11) is 5.89. The predicted octanol–water partition coefficient (Wildman–Crippen LogP) is 1.80. The molecule has 2 bridgehead atoms. The molecule has 2 aliphatic rings. The van der Waals surface area contributed by atoms with Crippen LogP contribution in [0.3, 0.4) is 0 Å². The minimum atomic E-state index is -0.0267. The zero-order chi connectivity index (χ0) is 8.93.